The first kappa shape index (κ1) is 12.5. The number of nitrogens with zero attached hydrogens (tertiary/aromatic N) is 1. The predicted molar refractivity (Wildman–Crippen MR) is 74.7 cm³/mol. The van der Waals surface area contributed by atoms with Crippen LogP contribution in [0.2, 0.25) is 5.02 Å². The Bertz CT molecular complexity index is 600. The van der Waals surface area contributed by atoms with Gasteiger partial charge in [0.25, 0.3) is 0 Å². The fraction of sp³-hybridized carbons (Fsp3) is 0.133. The van der Waals surface area contributed by atoms with Gasteiger partial charge in [-0.1, -0.05) is 29.8 Å². The van der Waals surface area contributed by atoms with Crippen LogP contribution in [0.1, 0.15) is 16.7 Å². The summed E-state index contributed by atoms with van der Waals surface area (Å²) >= 11 is 5.93. The molecule has 0 aromatic heterocycles. The highest BCUT2D eigenvalue weighted by molar-refractivity contribution is 6.30. The summed E-state index contributed by atoms with van der Waals surface area (Å²) in [6.45, 7) is 2.66. The van der Waals surface area contributed by atoms with Crippen LogP contribution in [0.25, 0.3) is 0 Å². The highest BCUT2D eigenvalue weighted by atomic mass is 35.5. The topological polar surface area (TPSA) is 35.8 Å². The van der Waals surface area contributed by atoms with Crippen LogP contribution in [0.5, 0.6) is 0 Å². The van der Waals surface area contributed by atoms with Gasteiger partial charge in [-0.25, -0.2) is 0 Å². The smallest absolute Gasteiger partial charge is 0.101 e. The molecule has 2 rings (SSSR count). The molecular weight excluding hydrogens is 244 g/mol. The fourth-order valence-corrected chi connectivity index (χ4v) is 1.96. The van der Waals surface area contributed by atoms with Crippen molar-refractivity contribution in [2.45, 2.75) is 13.5 Å². The number of halogens is 1. The van der Waals surface area contributed by atoms with E-state index in [1.807, 2.05) is 49.4 Å². The summed E-state index contributed by atoms with van der Waals surface area (Å²) in [7, 11) is 0. The quantitative estimate of drug-likeness (QED) is 0.896. The monoisotopic (exact) mass is 256 g/mol. The van der Waals surface area contributed by atoms with E-state index in [0.29, 0.717) is 12.1 Å². The summed E-state index contributed by atoms with van der Waals surface area (Å²) in [4.78, 5) is 0. The molecule has 0 atom stereocenters. The molecule has 0 spiro atoms. The first-order chi connectivity index (χ1) is 8.69. The molecule has 0 radical (unpaired) electrons. The summed E-state index contributed by atoms with van der Waals surface area (Å²) in [6, 6.07) is 15.6. The Kier molecular flexibility index (Phi) is 3.86. The van der Waals surface area contributed by atoms with Gasteiger partial charge in [-0.05, 0) is 42.3 Å². The predicted octanol–water partition coefficient (Wildman–Crippen LogP) is 4.13. The van der Waals surface area contributed by atoms with Crippen molar-refractivity contribution >= 4 is 17.3 Å². The van der Waals surface area contributed by atoms with E-state index in [9.17, 15) is 0 Å². The molecule has 0 aliphatic rings. The molecular formula is C15H13ClN2. The maximum atomic E-state index is 9.04. The molecule has 18 heavy (non-hydrogen) atoms. The zero-order valence-corrected chi connectivity index (χ0v) is 10.8. The number of hydrogen-bond acceptors (Lipinski definition) is 2. The van der Waals surface area contributed by atoms with E-state index in [2.05, 4.69) is 11.4 Å². The fourth-order valence-electron chi connectivity index (χ4n) is 1.75. The van der Waals surface area contributed by atoms with Gasteiger partial charge in [-0.3, -0.25) is 0 Å². The van der Waals surface area contributed by atoms with Gasteiger partial charge in [-0.15, -0.1) is 0 Å². The van der Waals surface area contributed by atoms with Gasteiger partial charge in [0.15, 0.2) is 0 Å². The van der Waals surface area contributed by atoms with E-state index >= 15 is 0 Å². The number of nitriles is 1. The normalized spacial score (nSPS) is 9.83. The van der Waals surface area contributed by atoms with Gasteiger partial charge in [0.1, 0.15) is 6.07 Å². The van der Waals surface area contributed by atoms with E-state index in [4.69, 9.17) is 16.9 Å². The van der Waals surface area contributed by atoms with Gasteiger partial charge >= 0.3 is 0 Å². The van der Waals surface area contributed by atoms with E-state index in [1.165, 1.54) is 0 Å². The molecule has 1 N–H and O–H groups in total. The summed E-state index contributed by atoms with van der Waals surface area (Å²) in [5.41, 5.74) is 3.73. The molecule has 90 valence electrons. The minimum atomic E-state index is 0.651. The summed E-state index contributed by atoms with van der Waals surface area (Å²) in [5.74, 6) is 0. The molecule has 2 nitrogen and oxygen atoms in total. The largest absolute Gasteiger partial charge is 0.380 e. The van der Waals surface area contributed by atoms with Crippen LogP contribution >= 0.6 is 11.6 Å². The molecule has 0 fully saturated rings. The Morgan fingerprint density at radius 2 is 2.06 bits per heavy atom. The van der Waals surface area contributed by atoms with Crippen LogP contribution < -0.4 is 5.32 Å². The van der Waals surface area contributed by atoms with Crippen LogP contribution in [-0.4, -0.2) is 0 Å². The van der Waals surface area contributed by atoms with Crippen molar-refractivity contribution in [3.63, 3.8) is 0 Å². The second-order valence-corrected chi connectivity index (χ2v) is 4.58. The molecule has 2 aromatic carbocycles. The second-order valence-electron chi connectivity index (χ2n) is 4.14. The first-order valence-electron chi connectivity index (χ1n) is 5.68. The number of hydrogen-bond donors (Lipinski definition) is 1. The number of rotatable bonds is 3. The van der Waals surface area contributed by atoms with Gasteiger partial charge in [-0.2, -0.15) is 5.26 Å². The number of nitrogens with one attached hydrogen (secondary N) is 1. The average molecular weight is 257 g/mol. The lowest BCUT2D eigenvalue weighted by Gasteiger charge is -2.09. The highest BCUT2D eigenvalue weighted by Crippen LogP contribution is 2.18. The van der Waals surface area contributed by atoms with Gasteiger partial charge in [0.05, 0.1) is 11.3 Å². The zero-order valence-electron chi connectivity index (χ0n) is 10.1. The molecule has 0 bridgehead atoms. The summed E-state index contributed by atoms with van der Waals surface area (Å²) < 4.78 is 0. The van der Waals surface area contributed by atoms with Crippen molar-refractivity contribution in [2.75, 3.05) is 5.32 Å². The minimum Gasteiger partial charge on any atom is -0.380 e. The van der Waals surface area contributed by atoms with Crippen LogP contribution in [-0.2, 0) is 6.54 Å². The van der Waals surface area contributed by atoms with Crippen LogP contribution in [0.4, 0.5) is 5.69 Å². The Morgan fingerprint density at radius 3 is 2.78 bits per heavy atom. The van der Waals surface area contributed by atoms with Crippen molar-refractivity contribution < 1.29 is 0 Å². The third kappa shape index (κ3) is 3.03. The van der Waals surface area contributed by atoms with Gasteiger partial charge in [0.2, 0.25) is 0 Å². The second kappa shape index (κ2) is 5.57. The molecule has 0 aliphatic heterocycles. The number of benzene rings is 2. The SMILES string of the molecule is Cc1ccc(C#N)c(NCc2cccc(Cl)c2)c1. The van der Waals surface area contributed by atoms with Crippen molar-refractivity contribution in [3.05, 3.63) is 64.2 Å². The Labute approximate surface area is 112 Å². The van der Waals surface area contributed by atoms with E-state index < -0.39 is 0 Å². The Balaban J connectivity index is 2.15. The first-order valence-corrected chi connectivity index (χ1v) is 6.06. The van der Waals surface area contributed by atoms with Crippen molar-refractivity contribution in [1.29, 1.82) is 5.26 Å². The average Bonchev–Trinajstić information content (AvgIpc) is 2.37. The van der Waals surface area contributed by atoms with Crippen LogP contribution in [0.15, 0.2) is 42.5 Å². The van der Waals surface area contributed by atoms with E-state index in [0.717, 1.165) is 21.8 Å². The standard InChI is InChI=1S/C15H13ClN2/c1-11-5-6-13(9-17)15(7-11)18-10-12-3-2-4-14(16)8-12/h2-8,18H,10H2,1H3. The van der Waals surface area contributed by atoms with Crippen molar-refractivity contribution in [2.24, 2.45) is 0 Å². The lowest BCUT2D eigenvalue weighted by atomic mass is 10.1. The van der Waals surface area contributed by atoms with E-state index in [-0.39, 0.29) is 0 Å². The van der Waals surface area contributed by atoms with E-state index in [1.54, 1.807) is 0 Å². The maximum Gasteiger partial charge on any atom is 0.101 e. The molecule has 3 heteroatoms. The maximum absolute atomic E-state index is 9.04. The lowest BCUT2D eigenvalue weighted by molar-refractivity contribution is 1.14. The minimum absolute atomic E-state index is 0.651. The van der Waals surface area contributed by atoms with Crippen molar-refractivity contribution in [3.8, 4) is 6.07 Å². The zero-order chi connectivity index (χ0) is 13.0. The summed E-state index contributed by atoms with van der Waals surface area (Å²) in [6.07, 6.45) is 0. The molecule has 0 aliphatic carbocycles. The number of anilines is 1. The van der Waals surface area contributed by atoms with Crippen LogP contribution in [0.3, 0.4) is 0 Å². The van der Waals surface area contributed by atoms with Gasteiger partial charge < -0.3 is 5.32 Å². The van der Waals surface area contributed by atoms with Gasteiger partial charge in [0, 0.05) is 11.6 Å². The molecule has 0 saturated heterocycles. The third-order valence-electron chi connectivity index (χ3n) is 2.67. The lowest BCUT2D eigenvalue weighted by Crippen LogP contribution is -2.01. The van der Waals surface area contributed by atoms with Crippen molar-refractivity contribution in [1.82, 2.24) is 0 Å². The molecule has 2 aromatic rings. The number of aryl methyl sites for hydroxylation is 1. The highest BCUT2D eigenvalue weighted by Gasteiger charge is 2.02. The molecule has 0 unspecified atom stereocenters. The van der Waals surface area contributed by atoms with Crippen LogP contribution in [0, 0.1) is 18.3 Å². The Hall–Kier alpha value is -1.98. The summed E-state index contributed by atoms with van der Waals surface area (Å²) in [5, 5.41) is 13.0. The molecule has 0 heterocycles. The molecule has 0 saturated carbocycles. The Morgan fingerprint density at radius 1 is 1.22 bits per heavy atom. The third-order valence-corrected chi connectivity index (χ3v) is 2.90. The molecule has 0 amide bonds.